The van der Waals surface area contributed by atoms with Crippen molar-refractivity contribution in [2.24, 2.45) is 5.10 Å². The van der Waals surface area contributed by atoms with Crippen LogP contribution in [0.1, 0.15) is 50.8 Å². The van der Waals surface area contributed by atoms with Crippen molar-refractivity contribution in [1.82, 2.24) is 4.90 Å². The normalized spacial score (nSPS) is 12.8. The Morgan fingerprint density at radius 1 is 1.00 bits per heavy atom. The van der Waals surface area contributed by atoms with Gasteiger partial charge in [-0.15, -0.1) is 0 Å². The minimum Gasteiger partial charge on any atom is -0.493 e. The monoisotopic (exact) mass is 497 g/mol. The fraction of sp³-hybridized carbons (Fsp3) is 0.320. The Labute approximate surface area is 208 Å². The molecule has 0 bridgehead atoms. The van der Waals surface area contributed by atoms with Crippen molar-refractivity contribution < 1.29 is 38.1 Å². The topological polar surface area (TPSA) is 133 Å². The molecule has 0 atom stereocenters. The van der Waals surface area contributed by atoms with Gasteiger partial charge in [0.25, 0.3) is 11.8 Å². The minimum atomic E-state index is -0.664. The molecule has 0 saturated carbocycles. The molecule has 11 heteroatoms. The molecular weight excluding hydrogens is 470 g/mol. The number of esters is 2. The number of carbonyl (C=O) groups is 4. The third-order valence-corrected chi connectivity index (χ3v) is 5.40. The lowest BCUT2D eigenvalue weighted by molar-refractivity contribution is -0.135. The molecule has 11 nitrogen and oxygen atoms in total. The van der Waals surface area contributed by atoms with E-state index in [-0.39, 0.29) is 66.3 Å². The van der Waals surface area contributed by atoms with Crippen LogP contribution >= 0.6 is 0 Å². The van der Waals surface area contributed by atoms with E-state index >= 15 is 0 Å². The maximum Gasteiger partial charge on any atom is 0.354 e. The molecule has 1 aliphatic rings. The van der Waals surface area contributed by atoms with Crippen LogP contribution < -0.4 is 14.9 Å². The molecule has 0 spiro atoms. The van der Waals surface area contributed by atoms with E-state index in [9.17, 15) is 19.2 Å². The van der Waals surface area contributed by atoms with Crippen molar-refractivity contribution >= 4 is 35.2 Å². The van der Waals surface area contributed by atoms with E-state index in [1.807, 2.05) is 0 Å². The molecule has 0 aromatic heterocycles. The number of methoxy groups -OCH3 is 3. The molecule has 190 valence electrons. The highest BCUT2D eigenvalue weighted by Gasteiger charge is 2.34. The lowest BCUT2D eigenvalue weighted by atomic mass is 10.1. The molecule has 2 amide bonds. The molecule has 1 aliphatic heterocycles. The lowest BCUT2D eigenvalue weighted by Gasteiger charge is -2.15. The first-order chi connectivity index (χ1) is 17.4. The second kappa shape index (κ2) is 11.8. The number of hydrazone groups is 1. The number of rotatable bonds is 11. The van der Waals surface area contributed by atoms with E-state index in [1.165, 1.54) is 33.5 Å². The summed E-state index contributed by atoms with van der Waals surface area (Å²) in [6, 6.07) is 9.50. The quantitative estimate of drug-likeness (QED) is 0.215. The van der Waals surface area contributed by atoms with Gasteiger partial charge in [0, 0.05) is 13.0 Å². The summed E-state index contributed by atoms with van der Waals surface area (Å²) >= 11 is 0. The van der Waals surface area contributed by atoms with Crippen LogP contribution in [0.15, 0.2) is 41.5 Å². The molecule has 0 radical (unpaired) electrons. The number of benzene rings is 2. The van der Waals surface area contributed by atoms with Crippen molar-refractivity contribution in [2.45, 2.75) is 19.8 Å². The molecule has 36 heavy (non-hydrogen) atoms. The van der Waals surface area contributed by atoms with Crippen LogP contribution in [0.2, 0.25) is 0 Å². The summed E-state index contributed by atoms with van der Waals surface area (Å²) in [7, 11) is 4.08. The van der Waals surface area contributed by atoms with E-state index in [2.05, 4.69) is 10.5 Å². The third kappa shape index (κ3) is 5.45. The molecule has 1 N–H and O–H groups in total. The Hall–Kier alpha value is -4.41. The van der Waals surface area contributed by atoms with Gasteiger partial charge in [-0.2, -0.15) is 5.10 Å². The van der Waals surface area contributed by atoms with Gasteiger partial charge in [0.05, 0.1) is 44.6 Å². The number of nitrogens with one attached hydrogen (secondary N) is 1. The van der Waals surface area contributed by atoms with Gasteiger partial charge in [0.15, 0.2) is 11.5 Å². The maximum atomic E-state index is 12.6. The Bertz CT molecular complexity index is 1170. The highest BCUT2D eigenvalue weighted by Crippen LogP contribution is 2.37. The first-order valence-electron chi connectivity index (χ1n) is 11.1. The van der Waals surface area contributed by atoms with Gasteiger partial charge in [-0.25, -0.2) is 9.59 Å². The maximum absolute atomic E-state index is 12.6. The summed E-state index contributed by atoms with van der Waals surface area (Å²) in [5.41, 5.74) is 3.90. The summed E-state index contributed by atoms with van der Waals surface area (Å²) in [6.07, 6.45) is 0.378. The number of carbonyl (C=O) groups excluding carboxylic acids is 4. The fourth-order valence-corrected chi connectivity index (χ4v) is 3.68. The number of amides is 2. The predicted molar refractivity (Wildman–Crippen MR) is 130 cm³/mol. The number of anilines is 1. The van der Waals surface area contributed by atoms with E-state index in [0.717, 1.165) is 4.90 Å². The number of nitrogens with zero attached hydrogens (tertiary/aromatic N) is 2. The number of imide groups is 1. The minimum absolute atomic E-state index is 0.0259. The van der Waals surface area contributed by atoms with Crippen LogP contribution in [0.25, 0.3) is 0 Å². The fourth-order valence-electron chi connectivity index (χ4n) is 3.68. The van der Waals surface area contributed by atoms with E-state index in [0.29, 0.717) is 11.1 Å². The molecule has 0 saturated heterocycles. The smallest absolute Gasteiger partial charge is 0.354 e. The molecule has 0 unspecified atom stereocenters. The van der Waals surface area contributed by atoms with E-state index in [1.54, 1.807) is 31.2 Å². The van der Waals surface area contributed by atoms with Crippen LogP contribution in [-0.2, 0) is 14.3 Å². The number of hydrogen-bond acceptors (Lipinski definition) is 10. The van der Waals surface area contributed by atoms with Crippen molar-refractivity contribution in [3.05, 3.63) is 53.1 Å². The molecule has 3 rings (SSSR count). The van der Waals surface area contributed by atoms with Crippen molar-refractivity contribution in [3.63, 3.8) is 0 Å². The first kappa shape index (κ1) is 26.2. The van der Waals surface area contributed by atoms with Gasteiger partial charge in [-0.05, 0) is 37.6 Å². The zero-order chi connectivity index (χ0) is 26.2. The summed E-state index contributed by atoms with van der Waals surface area (Å²) in [5.74, 6) is -1.51. The zero-order valence-electron chi connectivity index (χ0n) is 20.5. The highest BCUT2D eigenvalue weighted by molar-refractivity contribution is 6.36. The van der Waals surface area contributed by atoms with E-state index in [4.69, 9.17) is 18.9 Å². The van der Waals surface area contributed by atoms with Gasteiger partial charge in [-0.3, -0.25) is 19.9 Å². The SMILES string of the molecule is CCOC(=O)C(CCCN1C(=O)c2ccccc2C1=O)=NNc1cc(C(=O)OC)cc(OC)c1OC. The van der Waals surface area contributed by atoms with Crippen LogP contribution in [-0.4, -0.2) is 68.8 Å². The summed E-state index contributed by atoms with van der Waals surface area (Å²) < 4.78 is 20.5. The molecule has 2 aromatic rings. The summed E-state index contributed by atoms with van der Waals surface area (Å²) in [4.78, 5) is 50.9. The number of fused-ring (bicyclic) bond motifs is 1. The van der Waals surface area contributed by atoms with Crippen LogP contribution in [0.5, 0.6) is 11.5 Å². The van der Waals surface area contributed by atoms with Gasteiger partial charge in [0.2, 0.25) is 0 Å². The van der Waals surface area contributed by atoms with Crippen LogP contribution in [0.4, 0.5) is 5.69 Å². The summed E-state index contributed by atoms with van der Waals surface area (Å²) in [6.45, 7) is 1.89. The molecule has 0 aliphatic carbocycles. The molecule has 1 heterocycles. The third-order valence-electron chi connectivity index (χ3n) is 5.40. The largest absolute Gasteiger partial charge is 0.493 e. The summed E-state index contributed by atoms with van der Waals surface area (Å²) in [5, 5.41) is 4.18. The van der Waals surface area contributed by atoms with Crippen molar-refractivity contribution in [3.8, 4) is 11.5 Å². The van der Waals surface area contributed by atoms with Crippen LogP contribution in [0.3, 0.4) is 0 Å². The predicted octanol–water partition coefficient (Wildman–Crippen LogP) is 2.90. The Balaban J connectivity index is 1.79. The number of ether oxygens (including phenoxy) is 4. The molecule has 2 aromatic carbocycles. The Morgan fingerprint density at radius 2 is 1.67 bits per heavy atom. The van der Waals surface area contributed by atoms with Gasteiger partial charge < -0.3 is 18.9 Å². The Morgan fingerprint density at radius 3 is 2.22 bits per heavy atom. The highest BCUT2D eigenvalue weighted by atomic mass is 16.5. The van der Waals surface area contributed by atoms with E-state index < -0.39 is 11.9 Å². The van der Waals surface area contributed by atoms with Crippen molar-refractivity contribution in [2.75, 3.05) is 39.9 Å². The van der Waals surface area contributed by atoms with Gasteiger partial charge in [0.1, 0.15) is 11.4 Å². The average Bonchev–Trinajstić information content (AvgIpc) is 3.14. The Kier molecular flexibility index (Phi) is 8.61. The van der Waals surface area contributed by atoms with Gasteiger partial charge >= 0.3 is 11.9 Å². The second-order valence-corrected chi connectivity index (χ2v) is 7.55. The number of hydrogen-bond donors (Lipinski definition) is 1. The van der Waals surface area contributed by atoms with Crippen molar-refractivity contribution in [1.29, 1.82) is 0 Å². The lowest BCUT2D eigenvalue weighted by Crippen LogP contribution is -2.31. The molecular formula is C25H27N3O8. The van der Waals surface area contributed by atoms with Crippen LogP contribution in [0, 0.1) is 0 Å². The first-order valence-corrected chi connectivity index (χ1v) is 11.1. The zero-order valence-corrected chi connectivity index (χ0v) is 20.5. The average molecular weight is 498 g/mol. The molecule has 0 fully saturated rings. The second-order valence-electron chi connectivity index (χ2n) is 7.55. The van der Waals surface area contributed by atoms with Gasteiger partial charge in [-0.1, -0.05) is 12.1 Å². The standard InChI is InChI=1S/C25H27N3O8/c1-5-36-25(32)18(11-8-12-28-22(29)16-9-6-7-10-17(16)23(28)30)26-27-19-13-15(24(31)35-4)14-20(33-2)21(19)34-3/h6-7,9-10,13-14,27H,5,8,11-12H2,1-4H3.